The Morgan fingerprint density at radius 2 is 2.23 bits per heavy atom. The van der Waals surface area contributed by atoms with Crippen LogP contribution in [0, 0.1) is 24.2 Å². The van der Waals surface area contributed by atoms with Crippen molar-refractivity contribution in [2.75, 3.05) is 11.1 Å². The average molecular weight is 448 g/mol. The molecule has 1 atom stereocenters. The molecule has 1 aliphatic carbocycles. The Labute approximate surface area is 188 Å². The molecular weight excluding hydrogens is 426 g/mol. The third kappa shape index (κ3) is 3.58. The van der Waals surface area contributed by atoms with Crippen LogP contribution < -0.4 is 5.32 Å². The molecule has 31 heavy (non-hydrogen) atoms. The number of carbonyl (C=O) groups excluding carboxylic acids is 1. The first kappa shape index (κ1) is 20.0. The Kier molecular flexibility index (Phi) is 5.16. The van der Waals surface area contributed by atoms with E-state index in [9.17, 15) is 10.1 Å². The van der Waals surface area contributed by atoms with E-state index in [1.165, 1.54) is 16.6 Å². The lowest BCUT2D eigenvalue weighted by Gasteiger charge is -2.17. The third-order valence-corrected chi connectivity index (χ3v) is 7.88. The first-order chi connectivity index (χ1) is 15.0. The molecule has 0 bridgehead atoms. The van der Waals surface area contributed by atoms with Crippen LogP contribution in [0.5, 0.6) is 0 Å². The summed E-state index contributed by atoms with van der Waals surface area (Å²) in [6.45, 7) is 4.29. The molecule has 3 aromatic heterocycles. The number of rotatable bonds is 4. The molecule has 0 saturated carbocycles. The van der Waals surface area contributed by atoms with Crippen LogP contribution in [0.2, 0.25) is 0 Å². The van der Waals surface area contributed by atoms with E-state index in [4.69, 9.17) is 0 Å². The molecule has 6 nitrogen and oxygen atoms in total. The second-order valence-corrected chi connectivity index (χ2v) is 10.1. The standard InChI is InChI=1S/C23H21N5OS2/c1-13-7-8-16-17(11-24)22(31-19(16)9-13)25-21(29)12-30-23-27-26-20-10-14(2)15-5-3-4-6-18(15)28(20)23/h3-6,10,13H,7-9,12H2,1-2H3,(H,25,29)/t13-/m1/s1. The number of anilines is 1. The lowest BCUT2D eigenvalue weighted by Crippen LogP contribution is -2.14. The molecule has 5 rings (SSSR count). The number of hydrogen-bond acceptors (Lipinski definition) is 6. The van der Waals surface area contributed by atoms with Crippen molar-refractivity contribution in [3.63, 3.8) is 0 Å². The van der Waals surface area contributed by atoms with Gasteiger partial charge in [0.05, 0.1) is 16.8 Å². The maximum atomic E-state index is 12.7. The number of fused-ring (bicyclic) bond motifs is 4. The van der Waals surface area contributed by atoms with E-state index in [1.54, 1.807) is 11.3 Å². The predicted octanol–water partition coefficient (Wildman–Crippen LogP) is 4.98. The van der Waals surface area contributed by atoms with Crippen LogP contribution in [0.1, 0.15) is 34.9 Å². The topological polar surface area (TPSA) is 83.1 Å². The minimum Gasteiger partial charge on any atom is -0.316 e. The molecule has 0 unspecified atom stereocenters. The lowest BCUT2D eigenvalue weighted by molar-refractivity contribution is -0.113. The Morgan fingerprint density at radius 1 is 1.39 bits per heavy atom. The summed E-state index contributed by atoms with van der Waals surface area (Å²) in [5.41, 5.74) is 4.70. The maximum Gasteiger partial charge on any atom is 0.235 e. The fourth-order valence-corrected chi connectivity index (χ4v) is 6.35. The zero-order valence-corrected chi connectivity index (χ0v) is 18.9. The molecule has 0 radical (unpaired) electrons. The minimum atomic E-state index is -0.138. The smallest absolute Gasteiger partial charge is 0.235 e. The summed E-state index contributed by atoms with van der Waals surface area (Å²) in [4.78, 5) is 14.0. The van der Waals surface area contributed by atoms with Crippen LogP contribution in [-0.2, 0) is 17.6 Å². The van der Waals surface area contributed by atoms with Gasteiger partial charge in [0.15, 0.2) is 10.8 Å². The monoisotopic (exact) mass is 447 g/mol. The molecule has 1 aliphatic rings. The van der Waals surface area contributed by atoms with Crippen molar-refractivity contribution in [3.8, 4) is 6.07 Å². The SMILES string of the molecule is Cc1cc2nnc(SCC(=O)Nc3sc4c(c3C#N)CC[C@@H](C)C4)n2c2ccccc12. The molecule has 1 N–H and O–H groups in total. The summed E-state index contributed by atoms with van der Waals surface area (Å²) in [6.07, 6.45) is 2.99. The van der Waals surface area contributed by atoms with Crippen molar-refractivity contribution in [3.05, 3.63) is 51.9 Å². The number of thiophene rings is 1. The number of nitriles is 1. The van der Waals surface area contributed by atoms with E-state index in [1.807, 2.05) is 28.7 Å². The van der Waals surface area contributed by atoms with Crippen molar-refractivity contribution in [2.45, 2.75) is 38.3 Å². The summed E-state index contributed by atoms with van der Waals surface area (Å²) in [6, 6.07) is 12.4. The zero-order valence-electron chi connectivity index (χ0n) is 17.3. The van der Waals surface area contributed by atoms with E-state index in [-0.39, 0.29) is 11.7 Å². The number of benzene rings is 1. The van der Waals surface area contributed by atoms with Crippen molar-refractivity contribution in [1.82, 2.24) is 14.6 Å². The highest BCUT2D eigenvalue weighted by atomic mass is 32.2. The molecule has 156 valence electrons. The van der Waals surface area contributed by atoms with E-state index in [2.05, 4.69) is 41.5 Å². The van der Waals surface area contributed by atoms with Crippen molar-refractivity contribution < 1.29 is 4.79 Å². The number of aromatic nitrogens is 3. The third-order valence-electron chi connectivity index (χ3n) is 5.78. The second-order valence-electron chi connectivity index (χ2n) is 8.03. The Bertz CT molecular complexity index is 1360. The number of thioether (sulfide) groups is 1. The highest BCUT2D eigenvalue weighted by Gasteiger charge is 2.24. The highest BCUT2D eigenvalue weighted by molar-refractivity contribution is 7.99. The summed E-state index contributed by atoms with van der Waals surface area (Å²) < 4.78 is 1.99. The number of para-hydroxylation sites is 1. The van der Waals surface area contributed by atoms with Gasteiger partial charge in [-0.25, -0.2) is 0 Å². The van der Waals surface area contributed by atoms with Gasteiger partial charge in [0, 0.05) is 10.3 Å². The van der Waals surface area contributed by atoms with Crippen LogP contribution in [0.3, 0.4) is 0 Å². The molecule has 1 amide bonds. The molecule has 0 fully saturated rings. The van der Waals surface area contributed by atoms with E-state index in [0.717, 1.165) is 46.9 Å². The van der Waals surface area contributed by atoms with Crippen LogP contribution in [0.4, 0.5) is 5.00 Å². The van der Waals surface area contributed by atoms with E-state index in [0.29, 0.717) is 21.6 Å². The van der Waals surface area contributed by atoms with Crippen molar-refractivity contribution in [2.24, 2.45) is 5.92 Å². The van der Waals surface area contributed by atoms with Gasteiger partial charge in [-0.15, -0.1) is 21.5 Å². The summed E-state index contributed by atoms with van der Waals surface area (Å²) >= 11 is 2.90. The quantitative estimate of drug-likeness (QED) is 0.446. The van der Waals surface area contributed by atoms with E-state index < -0.39 is 0 Å². The molecule has 0 saturated heterocycles. The van der Waals surface area contributed by atoms with Gasteiger partial charge in [-0.2, -0.15) is 5.26 Å². The Balaban J connectivity index is 1.37. The maximum absolute atomic E-state index is 12.7. The molecule has 4 aromatic rings. The fourth-order valence-electron chi connectivity index (χ4n) is 4.22. The van der Waals surface area contributed by atoms with Gasteiger partial charge in [-0.1, -0.05) is 36.9 Å². The number of carbonyl (C=O) groups is 1. The first-order valence-electron chi connectivity index (χ1n) is 10.3. The summed E-state index contributed by atoms with van der Waals surface area (Å²) in [7, 11) is 0. The van der Waals surface area contributed by atoms with Crippen LogP contribution >= 0.6 is 23.1 Å². The summed E-state index contributed by atoms with van der Waals surface area (Å²) in [5, 5.41) is 23.7. The Hall–Kier alpha value is -2.89. The zero-order chi connectivity index (χ0) is 21.5. The summed E-state index contributed by atoms with van der Waals surface area (Å²) in [5.74, 6) is 0.685. The van der Waals surface area contributed by atoms with Crippen molar-refractivity contribution >= 4 is 50.6 Å². The first-order valence-corrected chi connectivity index (χ1v) is 12.1. The molecule has 8 heteroatoms. The number of nitrogens with one attached hydrogen (secondary N) is 1. The van der Waals surface area contributed by atoms with Crippen LogP contribution in [-0.4, -0.2) is 26.3 Å². The molecular formula is C23H21N5OS2. The largest absolute Gasteiger partial charge is 0.316 e. The average Bonchev–Trinajstić information content (AvgIpc) is 3.32. The van der Waals surface area contributed by atoms with Gasteiger partial charge in [0.2, 0.25) is 5.91 Å². The number of pyridine rings is 1. The molecule has 3 heterocycles. The van der Waals surface area contributed by atoms with Gasteiger partial charge in [-0.05, 0) is 55.4 Å². The second kappa shape index (κ2) is 7.98. The highest BCUT2D eigenvalue weighted by Crippen LogP contribution is 2.39. The number of nitrogens with zero attached hydrogens (tertiary/aromatic N) is 4. The Morgan fingerprint density at radius 3 is 3.06 bits per heavy atom. The lowest BCUT2D eigenvalue weighted by atomic mass is 9.89. The van der Waals surface area contributed by atoms with Crippen molar-refractivity contribution in [1.29, 1.82) is 5.26 Å². The minimum absolute atomic E-state index is 0.138. The number of aryl methyl sites for hydroxylation is 1. The predicted molar refractivity (Wildman–Crippen MR) is 125 cm³/mol. The van der Waals surface area contributed by atoms with Gasteiger partial charge in [0.25, 0.3) is 0 Å². The fraction of sp³-hybridized carbons (Fsp3) is 0.304. The normalized spacial score (nSPS) is 15.7. The van der Waals surface area contributed by atoms with Gasteiger partial charge >= 0.3 is 0 Å². The van der Waals surface area contributed by atoms with Gasteiger partial charge in [-0.3, -0.25) is 9.20 Å². The van der Waals surface area contributed by atoms with Crippen LogP contribution in [0.15, 0.2) is 35.5 Å². The van der Waals surface area contributed by atoms with Gasteiger partial charge < -0.3 is 5.32 Å². The molecule has 0 spiro atoms. The van der Waals surface area contributed by atoms with Gasteiger partial charge in [0.1, 0.15) is 11.1 Å². The van der Waals surface area contributed by atoms with E-state index >= 15 is 0 Å². The molecule has 0 aliphatic heterocycles. The number of hydrogen-bond donors (Lipinski definition) is 1. The molecule has 1 aromatic carbocycles. The van der Waals surface area contributed by atoms with Crippen LogP contribution in [0.25, 0.3) is 16.6 Å². The number of amides is 1.